The highest BCUT2D eigenvalue weighted by atomic mass is 32.2. The molecule has 4 aliphatic carbocycles. The second kappa shape index (κ2) is 4.08. The van der Waals surface area contributed by atoms with Crippen LogP contribution in [0.25, 0.3) is 0 Å². The molecule has 3 saturated carbocycles. The summed E-state index contributed by atoms with van der Waals surface area (Å²) in [5, 5.41) is 0. The minimum absolute atomic E-state index is 0.0773. The molecule has 4 fully saturated rings. The topological polar surface area (TPSA) is 51.2 Å². The summed E-state index contributed by atoms with van der Waals surface area (Å²) >= 11 is 1.74. The molecule has 0 aromatic rings. The van der Waals surface area contributed by atoms with Gasteiger partial charge >= 0.3 is 0 Å². The van der Waals surface area contributed by atoms with Crippen molar-refractivity contribution in [3.63, 3.8) is 0 Å². The summed E-state index contributed by atoms with van der Waals surface area (Å²) in [5.41, 5.74) is -1.06. The smallest absolute Gasteiger partial charge is 0.146 e. The van der Waals surface area contributed by atoms with Crippen LogP contribution in [0.1, 0.15) is 34.1 Å². The number of thioether (sulfide) groups is 1. The van der Waals surface area contributed by atoms with Crippen molar-refractivity contribution in [1.82, 2.24) is 0 Å². The number of hydrogen-bond acceptors (Lipinski definition) is 4. The number of hydrogen-bond donors (Lipinski definition) is 0. The number of allylic oxidation sites excluding steroid dienone is 2. The second-order valence-electron chi connectivity index (χ2n) is 9.51. The maximum atomic E-state index is 13.6. The van der Waals surface area contributed by atoms with E-state index in [1.165, 1.54) is 0 Å². The molecule has 0 radical (unpaired) electrons. The zero-order chi connectivity index (χ0) is 17.2. The van der Waals surface area contributed by atoms with Crippen LogP contribution in [0.3, 0.4) is 0 Å². The Morgan fingerprint density at radius 3 is 2.04 bits per heavy atom. The van der Waals surface area contributed by atoms with Gasteiger partial charge in [-0.1, -0.05) is 39.8 Å². The molecule has 0 N–H and O–H groups in total. The average molecular weight is 344 g/mol. The summed E-state index contributed by atoms with van der Waals surface area (Å²) in [5.74, 6) is 1.44. The number of rotatable bonds is 0. The molecule has 0 aromatic heterocycles. The zero-order valence-electron chi connectivity index (χ0n) is 14.7. The Hall–Kier alpha value is -0.900. The van der Waals surface area contributed by atoms with Crippen molar-refractivity contribution in [1.29, 1.82) is 0 Å². The van der Waals surface area contributed by atoms with E-state index in [1.54, 1.807) is 11.8 Å². The Labute approximate surface area is 147 Å². The number of ketones is 3. The number of carbonyl (C=O) groups excluding carboxylic acids is 3. The first-order valence-electron chi connectivity index (χ1n) is 9.11. The van der Waals surface area contributed by atoms with Crippen molar-refractivity contribution >= 4 is 29.1 Å². The highest BCUT2D eigenvalue weighted by molar-refractivity contribution is 8.01. The predicted molar refractivity (Wildman–Crippen MR) is 92.5 cm³/mol. The van der Waals surface area contributed by atoms with Crippen molar-refractivity contribution in [2.45, 2.75) is 38.9 Å². The van der Waals surface area contributed by atoms with E-state index in [0.717, 1.165) is 6.42 Å². The zero-order valence-corrected chi connectivity index (χ0v) is 15.5. The Morgan fingerprint density at radius 2 is 1.46 bits per heavy atom. The van der Waals surface area contributed by atoms with Crippen LogP contribution >= 0.6 is 11.8 Å². The van der Waals surface area contributed by atoms with Crippen LogP contribution in [0.4, 0.5) is 0 Å². The molecule has 6 atom stereocenters. The molecule has 1 spiro atoms. The van der Waals surface area contributed by atoms with Crippen molar-refractivity contribution in [2.75, 3.05) is 5.75 Å². The van der Waals surface area contributed by atoms with Gasteiger partial charge in [-0.05, 0) is 18.3 Å². The van der Waals surface area contributed by atoms with Gasteiger partial charge in [-0.2, -0.15) is 11.8 Å². The van der Waals surface area contributed by atoms with Gasteiger partial charge in [0.1, 0.15) is 17.3 Å². The third-order valence-corrected chi connectivity index (χ3v) is 10.4. The van der Waals surface area contributed by atoms with E-state index in [-0.39, 0.29) is 41.3 Å². The Morgan fingerprint density at radius 1 is 0.917 bits per heavy atom. The minimum atomic E-state index is -0.531. The summed E-state index contributed by atoms with van der Waals surface area (Å²) in [6.07, 6.45) is 5.29. The van der Waals surface area contributed by atoms with Gasteiger partial charge in [-0.3, -0.25) is 14.4 Å². The monoisotopic (exact) mass is 344 g/mol. The summed E-state index contributed by atoms with van der Waals surface area (Å²) < 4.78 is -0.412. The molecule has 5 aliphatic rings. The van der Waals surface area contributed by atoms with Crippen LogP contribution < -0.4 is 0 Å². The quantitative estimate of drug-likeness (QED) is 0.634. The number of carbonyl (C=O) groups is 3. The fourth-order valence-electron chi connectivity index (χ4n) is 7.36. The maximum absolute atomic E-state index is 13.6. The third kappa shape index (κ3) is 1.26. The van der Waals surface area contributed by atoms with Crippen LogP contribution in [0, 0.1) is 46.3 Å². The minimum Gasteiger partial charge on any atom is -0.299 e. The van der Waals surface area contributed by atoms with E-state index in [9.17, 15) is 14.4 Å². The second-order valence-corrected chi connectivity index (χ2v) is 10.8. The summed E-state index contributed by atoms with van der Waals surface area (Å²) in [7, 11) is 0. The molecule has 1 heterocycles. The molecule has 128 valence electrons. The van der Waals surface area contributed by atoms with Crippen LogP contribution in [0.2, 0.25) is 0 Å². The summed E-state index contributed by atoms with van der Waals surface area (Å²) in [6.45, 7) is 7.95. The van der Waals surface area contributed by atoms with Crippen molar-refractivity contribution in [3.8, 4) is 0 Å². The van der Waals surface area contributed by atoms with Crippen LogP contribution in [-0.4, -0.2) is 27.8 Å². The normalized spacial score (nSPS) is 48.6. The molecular weight excluding hydrogens is 320 g/mol. The molecule has 1 saturated heterocycles. The molecule has 3 nitrogen and oxygen atoms in total. The van der Waals surface area contributed by atoms with Gasteiger partial charge in [0.2, 0.25) is 0 Å². The van der Waals surface area contributed by atoms with E-state index >= 15 is 0 Å². The lowest BCUT2D eigenvalue weighted by Gasteiger charge is -2.66. The van der Waals surface area contributed by atoms with Crippen molar-refractivity contribution in [2.24, 2.45) is 46.3 Å². The van der Waals surface area contributed by atoms with Gasteiger partial charge in [0.05, 0.1) is 4.75 Å². The molecule has 24 heavy (non-hydrogen) atoms. The molecule has 0 unspecified atom stereocenters. The van der Waals surface area contributed by atoms with E-state index in [0.29, 0.717) is 17.3 Å². The van der Waals surface area contributed by atoms with Crippen LogP contribution in [0.15, 0.2) is 12.2 Å². The third-order valence-electron chi connectivity index (χ3n) is 8.11. The van der Waals surface area contributed by atoms with E-state index in [1.807, 2.05) is 27.7 Å². The Bertz CT molecular complexity index is 713. The fourth-order valence-corrected chi connectivity index (χ4v) is 9.53. The standard InChI is InChI=1S/C20H24O3S/c1-18(2)17(23)19(3,4)20(18)14-11(8-24-20)15(21)12-9-5-6-10(7-9)13(12)16(14)22/h5-6,9-14H,7-8H2,1-4H3/t9-,10-,11-,12+,13-,14-/m0/s1. The molecule has 0 amide bonds. The fraction of sp³-hybridized carbons (Fsp3) is 0.750. The van der Waals surface area contributed by atoms with E-state index < -0.39 is 15.6 Å². The van der Waals surface area contributed by atoms with Gasteiger partial charge in [0, 0.05) is 40.3 Å². The van der Waals surface area contributed by atoms with Gasteiger partial charge in [0.15, 0.2) is 0 Å². The van der Waals surface area contributed by atoms with Gasteiger partial charge < -0.3 is 0 Å². The largest absolute Gasteiger partial charge is 0.299 e. The lowest BCUT2D eigenvalue weighted by Crippen LogP contribution is -2.76. The van der Waals surface area contributed by atoms with Crippen molar-refractivity contribution < 1.29 is 14.4 Å². The lowest BCUT2D eigenvalue weighted by atomic mass is 9.40. The average Bonchev–Trinajstić information content (AvgIpc) is 3.23. The predicted octanol–water partition coefficient (Wildman–Crippen LogP) is 2.93. The summed E-state index contributed by atoms with van der Waals surface area (Å²) in [4.78, 5) is 39.6. The lowest BCUT2D eigenvalue weighted by molar-refractivity contribution is -0.173. The molecular formula is C20H24O3S. The molecule has 0 aromatic carbocycles. The highest BCUT2D eigenvalue weighted by Crippen LogP contribution is 2.75. The van der Waals surface area contributed by atoms with Crippen LogP contribution in [-0.2, 0) is 14.4 Å². The molecule has 4 heteroatoms. The number of fused-ring (bicyclic) bond motifs is 7. The summed E-state index contributed by atoms with van der Waals surface area (Å²) in [6, 6.07) is 0. The van der Waals surface area contributed by atoms with E-state index in [2.05, 4.69) is 12.2 Å². The number of Topliss-reactive ketones (excluding diaryl/α,β-unsaturated/α-hetero) is 3. The first-order valence-corrected chi connectivity index (χ1v) is 10.1. The first-order chi connectivity index (χ1) is 11.2. The maximum Gasteiger partial charge on any atom is 0.146 e. The molecule has 5 rings (SSSR count). The Kier molecular flexibility index (Phi) is 2.61. The SMILES string of the molecule is CC1(C)C(=O)C(C)(C)C12SC[C@@H]1C(=O)[C@H]3[C@@H](C(=O)[C@H]12)[C@H]1C=C[C@H]3C1. The first kappa shape index (κ1) is 15.4. The van der Waals surface area contributed by atoms with Gasteiger partial charge in [0.25, 0.3) is 0 Å². The van der Waals surface area contributed by atoms with Crippen LogP contribution in [0.5, 0.6) is 0 Å². The Balaban J connectivity index is 1.65. The van der Waals surface area contributed by atoms with E-state index in [4.69, 9.17) is 0 Å². The van der Waals surface area contributed by atoms with Gasteiger partial charge in [-0.25, -0.2) is 0 Å². The molecule has 1 aliphatic heterocycles. The van der Waals surface area contributed by atoms with Gasteiger partial charge in [-0.15, -0.1) is 0 Å². The molecule has 2 bridgehead atoms. The highest BCUT2D eigenvalue weighted by Gasteiger charge is 2.81. The van der Waals surface area contributed by atoms with Crippen molar-refractivity contribution in [3.05, 3.63) is 12.2 Å².